The summed E-state index contributed by atoms with van der Waals surface area (Å²) < 4.78 is 0. The molecule has 1 heterocycles. The van der Waals surface area contributed by atoms with Crippen LogP contribution in [-0.2, 0) is 0 Å². The third kappa shape index (κ3) is 5.42. The van der Waals surface area contributed by atoms with Crippen LogP contribution in [0.15, 0.2) is 48.5 Å². The predicted octanol–water partition coefficient (Wildman–Crippen LogP) is 4.81. The molecule has 2 aliphatic rings. The van der Waals surface area contributed by atoms with E-state index in [1.54, 1.807) is 0 Å². The summed E-state index contributed by atoms with van der Waals surface area (Å²) in [4.78, 5) is 12.5. The number of benzene rings is 2. The summed E-state index contributed by atoms with van der Waals surface area (Å²) in [6, 6.07) is 17.4. The van der Waals surface area contributed by atoms with Crippen molar-refractivity contribution in [1.29, 1.82) is 0 Å². The summed E-state index contributed by atoms with van der Waals surface area (Å²) in [6.45, 7) is 4.17. The minimum absolute atomic E-state index is 0.0507. The molecule has 1 saturated carbocycles. The van der Waals surface area contributed by atoms with Crippen LogP contribution in [0.5, 0.6) is 0 Å². The molecule has 30 heavy (non-hydrogen) atoms. The molecule has 3 atom stereocenters. The van der Waals surface area contributed by atoms with E-state index in [9.17, 15) is 4.79 Å². The summed E-state index contributed by atoms with van der Waals surface area (Å²) >= 11 is 6.14. The number of rotatable bonds is 6. The fourth-order valence-electron chi connectivity index (χ4n) is 4.80. The van der Waals surface area contributed by atoms with Crippen molar-refractivity contribution in [2.75, 3.05) is 13.1 Å². The van der Waals surface area contributed by atoms with Crippen molar-refractivity contribution in [3.05, 3.63) is 70.2 Å². The van der Waals surface area contributed by atoms with Gasteiger partial charge >= 0.3 is 0 Å². The van der Waals surface area contributed by atoms with Gasteiger partial charge in [-0.15, -0.1) is 0 Å². The van der Waals surface area contributed by atoms with E-state index in [-0.39, 0.29) is 11.9 Å². The first kappa shape index (κ1) is 21.4. The quantitative estimate of drug-likeness (QED) is 0.622. The topological polar surface area (TPSA) is 53.2 Å². The van der Waals surface area contributed by atoms with E-state index >= 15 is 0 Å². The van der Waals surface area contributed by atoms with Crippen LogP contribution in [0.25, 0.3) is 0 Å². The summed E-state index contributed by atoms with van der Waals surface area (Å²) in [7, 11) is 0. The third-order valence-corrected chi connectivity index (χ3v) is 6.82. The molecule has 160 valence electrons. The van der Waals surface area contributed by atoms with Crippen LogP contribution in [0.4, 0.5) is 0 Å². The zero-order valence-corrected chi connectivity index (χ0v) is 18.4. The molecule has 1 aliphatic carbocycles. The monoisotopic (exact) mass is 425 g/mol. The fourth-order valence-corrected chi connectivity index (χ4v) is 5.00. The number of hydrogen-bond donors (Lipinski definition) is 3. The van der Waals surface area contributed by atoms with Crippen LogP contribution in [0.2, 0.25) is 5.02 Å². The molecule has 0 aromatic heterocycles. The van der Waals surface area contributed by atoms with E-state index in [2.05, 4.69) is 41.1 Å². The van der Waals surface area contributed by atoms with Gasteiger partial charge in [0.2, 0.25) is 0 Å². The van der Waals surface area contributed by atoms with E-state index in [1.807, 2.05) is 30.3 Å². The minimum Gasteiger partial charge on any atom is -0.349 e. The van der Waals surface area contributed by atoms with E-state index in [4.69, 9.17) is 11.6 Å². The zero-order chi connectivity index (χ0) is 20.9. The van der Waals surface area contributed by atoms with Crippen molar-refractivity contribution in [2.45, 2.75) is 63.1 Å². The molecule has 3 N–H and O–H groups in total. The van der Waals surface area contributed by atoms with Crippen molar-refractivity contribution in [1.82, 2.24) is 16.0 Å². The standard InChI is InChI=1S/C25H32ClN3O/c1-17(20-3-2-4-22(26)15-20)28-24-10-9-21(16-24)18-5-7-19(8-6-18)25(30)29-23-11-13-27-14-12-23/h2-8,15,17,21,23-24,27-28H,9-14,16H2,1H3,(H,29,30)/t17-,21-,24?/m1/s1. The van der Waals surface area contributed by atoms with Gasteiger partial charge in [-0.05, 0) is 93.4 Å². The highest BCUT2D eigenvalue weighted by atomic mass is 35.5. The molecule has 2 fully saturated rings. The Kier molecular flexibility index (Phi) is 7.08. The van der Waals surface area contributed by atoms with Crippen molar-refractivity contribution in [3.8, 4) is 0 Å². The number of amides is 1. The smallest absolute Gasteiger partial charge is 0.251 e. The number of carbonyl (C=O) groups excluding carboxylic acids is 1. The Morgan fingerprint density at radius 1 is 1.03 bits per heavy atom. The summed E-state index contributed by atoms with van der Waals surface area (Å²) in [5, 5.41) is 11.1. The molecule has 2 aromatic carbocycles. The number of hydrogen-bond acceptors (Lipinski definition) is 3. The van der Waals surface area contributed by atoms with Crippen molar-refractivity contribution >= 4 is 17.5 Å². The van der Waals surface area contributed by atoms with Crippen molar-refractivity contribution in [3.63, 3.8) is 0 Å². The highest BCUT2D eigenvalue weighted by Crippen LogP contribution is 2.35. The van der Waals surface area contributed by atoms with Gasteiger partial charge in [0.05, 0.1) is 0 Å². The maximum atomic E-state index is 12.5. The predicted molar refractivity (Wildman–Crippen MR) is 123 cm³/mol. The van der Waals surface area contributed by atoms with Gasteiger partial charge in [0.15, 0.2) is 0 Å². The van der Waals surface area contributed by atoms with E-state index in [1.165, 1.54) is 24.0 Å². The lowest BCUT2D eigenvalue weighted by Gasteiger charge is -2.23. The molecule has 0 radical (unpaired) electrons. The molecule has 1 aliphatic heterocycles. The minimum atomic E-state index is 0.0507. The van der Waals surface area contributed by atoms with Gasteiger partial charge in [0.25, 0.3) is 5.91 Å². The van der Waals surface area contributed by atoms with Crippen LogP contribution in [0.3, 0.4) is 0 Å². The first-order valence-corrected chi connectivity index (χ1v) is 11.6. The first-order valence-electron chi connectivity index (χ1n) is 11.2. The van der Waals surface area contributed by atoms with Gasteiger partial charge in [0.1, 0.15) is 0 Å². The second-order valence-corrected chi connectivity index (χ2v) is 9.21. The third-order valence-electron chi connectivity index (χ3n) is 6.59. The molecular weight excluding hydrogens is 394 g/mol. The van der Waals surface area contributed by atoms with Gasteiger partial charge in [-0.2, -0.15) is 0 Å². The first-order chi connectivity index (χ1) is 14.6. The Labute approximate surface area is 184 Å². The van der Waals surface area contributed by atoms with Gasteiger partial charge in [-0.25, -0.2) is 0 Å². The van der Waals surface area contributed by atoms with E-state index in [0.717, 1.165) is 42.9 Å². The maximum absolute atomic E-state index is 12.5. The zero-order valence-electron chi connectivity index (χ0n) is 17.7. The molecule has 2 aromatic rings. The van der Waals surface area contributed by atoms with Gasteiger partial charge in [-0.3, -0.25) is 4.79 Å². The molecule has 5 heteroatoms. The van der Waals surface area contributed by atoms with E-state index in [0.29, 0.717) is 18.0 Å². The molecular formula is C25H32ClN3O. The number of nitrogens with one attached hydrogen (secondary N) is 3. The Morgan fingerprint density at radius 2 is 1.80 bits per heavy atom. The molecule has 0 spiro atoms. The summed E-state index contributed by atoms with van der Waals surface area (Å²) in [5.74, 6) is 0.602. The Balaban J connectivity index is 1.30. The Morgan fingerprint density at radius 3 is 2.53 bits per heavy atom. The fraction of sp³-hybridized carbons (Fsp3) is 0.480. The van der Waals surface area contributed by atoms with Crippen LogP contribution in [-0.4, -0.2) is 31.1 Å². The SMILES string of the molecule is C[C@@H](NC1CC[C@@H](c2ccc(C(=O)NC3CCNCC3)cc2)C1)c1cccc(Cl)c1. The molecule has 1 unspecified atom stereocenters. The Hall–Kier alpha value is -1.88. The number of piperidine rings is 1. The van der Waals surface area contributed by atoms with E-state index < -0.39 is 0 Å². The second kappa shape index (κ2) is 9.95. The van der Waals surface area contributed by atoms with Crippen molar-refractivity contribution in [2.24, 2.45) is 0 Å². The van der Waals surface area contributed by atoms with Gasteiger partial charge < -0.3 is 16.0 Å². The average molecular weight is 426 g/mol. The Bertz CT molecular complexity index is 848. The highest BCUT2D eigenvalue weighted by molar-refractivity contribution is 6.30. The maximum Gasteiger partial charge on any atom is 0.251 e. The van der Waals surface area contributed by atoms with Gasteiger partial charge in [-0.1, -0.05) is 35.9 Å². The summed E-state index contributed by atoms with van der Waals surface area (Å²) in [6.07, 6.45) is 5.50. The van der Waals surface area contributed by atoms with Gasteiger partial charge in [0, 0.05) is 28.7 Å². The van der Waals surface area contributed by atoms with Crippen LogP contribution < -0.4 is 16.0 Å². The highest BCUT2D eigenvalue weighted by Gasteiger charge is 2.27. The molecule has 4 rings (SSSR count). The lowest BCUT2D eigenvalue weighted by atomic mass is 9.96. The number of carbonyl (C=O) groups is 1. The molecule has 4 nitrogen and oxygen atoms in total. The largest absolute Gasteiger partial charge is 0.349 e. The lowest BCUT2D eigenvalue weighted by Crippen LogP contribution is -2.42. The van der Waals surface area contributed by atoms with Crippen molar-refractivity contribution < 1.29 is 4.79 Å². The van der Waals surface area contributed by atoms with Crippen LogP contribution in [0, 0.1) is 0 Å². The number of halogens is 1. The molecule has 1 amide bonds. The normalized spacial score (nSPS) is 23.3. The van der Waals surface area contributed by atoms with Crippen LogP contribution >= 0.6 is 11.6 Å². The average Bonchev–Trinajstić information content (AvgIpc) is 3.23. The lowest BCUT2D eigenvalue weighted by molar-refractivity contribution is 0.0929. The molecule has 1 saturated heterocycles. The second-order valence-electron chi connectivity index (χ2n) is 8.77. The van der Waals surface area contributed by atoms with Crippen LogP contribution in [0.1, 0.15) is 72.5 Å². The summed E-state index contributed by atoms with van der Waals surface area (Å²) in [5.41, 5.74) is 3.34. The molecule has 0 bridgehead atoms.